The van der Waals surface area contributed by atoms with Gasteiger partial charge in [0, 0.05) is 24.3 Å². The minimum absolute atomic E-state index is 0.171. The molecule has 2 rings (SSSR count). The van der Waals surface area contributed by atoms with Gasteiger partial charge in [0.1, 0.15) is 13.2 Å². The summed E-state index contributed by atoms with van der Waals surface area (Å²) in [4.78, 5) is 23.6. The van der Waals surface area contributed by atoms with E-state index in [0.717, 1.165) is 48.7 Å². The number of carbonyl (C=O) groups excluding carboxylic acids is 2. The first-order valence-electron chi connectivity index (χ1n) is 16.7. The Morgan fingerprint density at radius 1 is 0.426 bits per heavy atom. The molecule has 0 unspecified atom stereocenters. The average Bonchev–Trinajstić information content (AvgIpc) is 3.09. The van der Waals surface area contributed by atoms with Gasteiger partial charge in [-0.25, -0.2) is 0 Å². The van der Waals surface area contributed by atoms with Gasteiger partial charge in [0.25, 0.3) is 0 Å². The molecule has 11 heteroatoms. The highest BCUT2D eigenvalue weighted by Crippen LogP contribution is 2.15. The lowest BCUT2D eigenvalue weighted by Crippen LogP contribution is -2.15. The van der Waals surface area contributed by atoms with Crippen LogP contribution in [0.5, 0.6) is 0 Å². The lowest BCUT2D eigenvalue weighted by molar-refractivity contribution is -0.146. The molecule has 0 spiro atoms. The predicted molar refractivity (Wildman–Crippen MR) is 189 cm³/mol. The first-order valence-corrected chi connectivity index (χ1v) is 19.0. The first kappa shape index (κ1) is 41.1. The molecule has 0 radical (unpaired) electrons. The van der Waals surface area contributed by atoms with E-state index in [1.807, 2.05) is 35.7 Å². The van der Waals surface area contributed by atoms with Crippen LogP contribution in [0, 0.1) is 0 Å². The van der Waals surface area contributed by atoms with Gasteiger partial charge in [0.15, 0.2) is 0 Å². The summed E-state index contributed by atoms with van der Waals surface area (Å²) in [6.07, 6.45) is 4.59. The maximum atomic E-state index is 11.8. The van der Waals surface area contributed by atoms with Gasteiger partial charge in [0.05, 0.1) is 66.1 Å². The average molecular weight is 695 g/mol. The van der Waals surface area contributed by atoms with E-state index in [2.05, 4.69) is 48.5 Å². The largest absolute Gasteiger partial charge is 0.463 e. The molecule has 0 aliphatic heterocycles. The van der Waals surface area contributed by atoms with E-state index in [4.69, 9.17) is 33.2 Å². The number of unbranched alkanes of at least 4 members (excludes halogenated alkanes) is 2. The molecule has 2 aromatic carbocycles. The van der Waals surface area contributed by atoms with Gasteiger partial charge in [-0.15, -0.1) is 0 Å². The summed E-state index contributed by atoms with van der Waals surface area (Å²) in [6, 6.07) is 20.8. The van der Waals surface area contributed by atoms with Crippen LogP contribution in [0.3, 0.4) is 0 Å². The Morgan fingerprint density at radius 3 is 1.09 bits per heavy atom. The van der Waals surface area contributed by atoms with E-state index in [1.165, 1.54) is 11.1 Å². The maximum Gasteiger partial charge on any atom is 0.305 e. The first-order chi connectivity index (χ1) is 23.2. The van der Waals surface area contributed by atoms with Crippen LogP contribution in [0.2, 0.25) is 0 Å². The van der Waals surface area contributed by atoms with Gasteiger partial charge in [-0.1, -0.05) is 60.7 Å². The maximum absolute atomic E-state index is 11.8. The van der Waals surface area contributed by atoms with E-state index < -0.39 is 0 Å². The van der Waals surface area contributed by atoms with E-state index in [1.54, 1.807) is 0 Å². The molecule has 0 aliphatic rings. The lowest BCUT2D eigenvalue weighted by Gasteiger charge is -2.09. The zero-order valence-corrected chi connectivity index (χ0v) is 29.5. The van der Waals surface area contributed by atoms with Crippen molar-refractivity contribution in [3.05, 3.63) is 71.8 Å². The molecule has 0 aromatic heterocycles. The van der Waals surface area contributed by atoms with Crippen molar-refractivity contribution < 1.29 is 42.7 Å². The van der Waals surface area contributed by atoms with Crippen molar-refractivity contribution in [2.75, 3.05) is 90.8 Å². The zero-order valence-electron chi connectivity index (χ0n) is 27.8. The Morgan fingerprint density at radius 2 is 0.745 bits per heavy atom. The standard InChI is InChI=1S/C36H54O9S2/c37-35(15-7-9-29-46-31-33-11-3-1-4-12-33)44-27-25-42-23-21-40-19-17-39-18-20-41-22-24-43-26-28-45-36(38)16-8-10-30-47-32-34-13-5-2-6-14-34/h1-6,11-14H,7-10,15-32H2. The fraction of sp³-hybridized carbons (Fsp3) is 0.611. The fourth-order valence-electron chi connectivity index (χ4n) is 4.03. The Hall–Kier alpha value is -2.12. The molecular formula is C36H54O9S2. The van der Waals surface area contributed by atoms with Crippen molar-refractivity contribution in [3.8, 4) is 0 Å². The summed E-state index contributed by atoms with van der Waals surface area (Å²) in [5, 5.41) is 0. The number of thioether (sulfide) groups is 2. The smallest absolute Gasteiger partial charge is 0.305 e. The highest BCUT2D eigenvalue weighted by Gasteiger charge is 2.04. The Kier molecular flexibility index (Phi) is 27.2. The summed E-state index contributed by atoms with van der Waals surface area (Å²) in [5.41, 5.74) is 2.66. The molecule has 2 aromatic rings. The number of rotatable bonds is 32. The molecule has 0 amide bonds. The van der Waals surface area contributed by atoms with E-state index in [-0.39, 0.29) is 25.2 Å². The van der Waals surface area contributed by atoms with Crippen molar-refractivity contribution >= 4 is 35.5 Å². The van der Waals surface area contributed by atoms with E-state index in [9.17, 15) is 9.59 Å². The molecule has 0 aliphatic carbocycles. The molecule has 0 bridgehead atoms. The van der Waals surface area contributed by atoms with Gasteiger partial charge in [-0.2, -0.15) is 23.5 Å². The topological polar surface area (TPSA) is 98.8 Å². The fourth-order valence-corrected chi connectivity index (χ4v) is 5.99. The second-order valence-electron chi connectivity index (χ2n) is 10.5. The van der Waals surface area contributed by atoms with Crippen LogP contribution in [0.4, 0.5) is 0 Å². The molecule has 0 atom stereocenters. The third-order valence-corrected chi connectivity index (χ3v) is 8.76. The van der Waals surface area contributed by atoms with Crippen LogP contribution in [0.15, 0.2) is 60.7 Å². The van der Waals surface area contributed by atoms with E-state index in [0.29, 0.717) is 78.9 Å². The second kappa shape index (κ2) is 31.2. The summed E-state index contributed by atoms with van der Waals surface area (Å²) in [5.74, 6) is 3.75. The normalized spacial score (nSPS) is 11.1. The monoisotopic (exact) mass is 694 g/mol. The minimum atomic E-state index is -0.171. The number of ether oxygens (including phenoxy) is 7. The van der Waals surface area contributed by atoms with Crippen LogP contribution >= 0.6 is 23.5 Å². The molecule has 264 valence electrons. The van der Waals surface area contributed by atoms with Gasteiger partial charge < -0.3 is 33.2 Å². The van der Waals surface area contributed by atoms with Crippen LogP contribution in [-0.4, -0.2) is 103 Å². The number of hydrogen-bond donors (Lipinski definition) is 0. The van der Waals surface area contributed by atoms with Crippen molar-refractivity contribution in [1.29, 1.82) is 0 Å². The predicted octanol–water partition coefficient (Wildman–Crippen LogP) is 6.36. The molecular weight excluding hydrogens is 641 g/mol. The SMILES string of the molecule is O=C(CCCCSCc1ccccc1)OCCOCCOCCOCCOCCOCCOC(=O)CCCCSCc1ccccc1. The van der Waals surface area contributed by atoms with E-state index >= 15 is 0 Å². The summed E-state index contributed by atoms with van der Waals surface area (Å²) in [6.45, 7) is 4.92. The van der Waals surface area contributed by atoms with Crippen molar-refractivity contribution in [3.63, 3.8) is 0 Å². The number of benzene rings is 2. The number of hydrogen-bond acceptors (Lipinski definition) is 11. The second-order valence-corrected chi connectivity index (χ2v) is 12.7. The summed E-state index contributed by atoms with van der Waals surface area (Å²) in [7, 11) is 0. The third-order valence-electron chi connectivity index (χ3n) is 6.53. The van der Waals surface area contributed by atoms with Crippen LogP contribution in [-0.2, 0) is 54.3 Å². The summed E-state index contributed by atoms with van der Waals surface area (Å²) >= 11 is 3.78. The van der Waals surface area contributed by atoms with Gasteiger partial charge in [-0.05, 0) is 48.3 Å². The van der Waals surface area contributed by atoms with Crippen LogP contribution < -0.4 is 0 Å². The Balaban J connectivity index is 1.19. The van der Waals surface area contributed by atoms with Crippen molar-refractivity contribution in [1.82, 2.24) is 0 Å². The van der Waals surface area contributed by atoms with Crippen LogP contribution in [0.1, 0.15) is 49.7 Å². The number of esters is 2. The number of carbonyl (C=O) groups is 2. The molecule has 0 saturated carbocycles. The minimum Gasteiger partial charge on any atom is -0.463 e. The Labute approximate surface area is 290 Å². The van der Waals surface area contributed by atoms with Crippen molar-refractivity contribution in [2.45, 2.75) is 50.0 Å². The molecule has 0 saturated heterocycles. The van der Waals surface area contributed by atoms with Gasteiger partial charge in [0.2, 0.25) is 0 Å². The lowest BCUT2D eigenvalue weighted by atomic mass is 10.2. The molecule has 9 nitrogen and oxygen atoms in total. The highest BCUT2D eigenvalue weighted by atomic mass is 32.2. The Bertz CT molecular complexity index is 919. The van der Waals surface area contributed by atoms with Crippen LogP contribution in [0.25, 0.3) is 0 Å². The van der Waals surface area contributed by atoms with Gasteiger partial charge in [-0.3, -0.25) is 9.59 Å². The third kappa shape index (κ3) is 26.5. The molecule has 47 heavy (non-hydrogen) atoms. The van der Waals surface area contributed by atoms with Crippen molar-refractivity contribution in [2.24, 2.45) is 0 Å². The molecule has 0 N–H and O–H groups in total. The summed E-state index contributed by atoms with van der Waals surface area (Å²) < 4.78 is 37.7. The highest BCUT2D eigenvalue weighted by molar-refractivity contribution is 7.98. The zero-order chi connectivity index (χ0) is 33.3. The molecule has 0 heterocycles. The molecule has 0 fully saturated rings. The quantitative estimate of drug-likeness (QED) is 0.0632. The van der Waals surface area contributed by atoms with Gasteiger partial charge >= 0.3 is 11.9 Å².